The van der Waals surface area contributed by atoms with Gasteiger partial charge in [-0.25, -0.2) is 0 Å². The van der Waals surface area contributed by atoms with E-state index >= 15 is 0 Å². The van der Waals surface area contributed by atoms with Gasteiger partial charge in [-0.3, -0.25) is 4.79 Å². The number of amides is 1. The number of nitrogens with one attached hydrogen (secondary N) is 1. The van der Waals surface area contributed by atoms with Crippen LogP contribution < -0.4 is 5.32 Å². The molecular weight excluding hydrogens is 352 g/mol. The molecule has 2 aliphatic rings. The van der Waals surface area contributed by atoms with Crippen molar-refractivity contribution in [2.24, 2.45) is 10.8 Å². The first kappa shape index (κ1) is 19.1. The third kappa shape index (κ3) is 4.12. The first-order valence-electron chi connectivity index (χ1n) is 10.3. The Morgan fingerprint density at radius 2 is 1.89 bits per heavy atom. The van der Waals surface area contributed by atoms with E-state index in [-0.39, 0.29) is 11.3 Å². The van der Waals surface area contributed by atoms with Crippen LogP contribution in [0.25, 0.3) is 11.4 Å². The standard InChI is InChI=1S/C22H30N4O2/c1-21(2,3)14-18-24-19(25-28-18)16-4-6-17(7-5-16)20(27)26-12-9-22(10-13-26)8-11-23-15-22/h4-7,23H,8-15H2,1-3H3. The number of nitrogens with zero attached hydrogens (tertiary/aromatic N) is 3. The van der Waals surface area contributed by atoms with Crippen LogP contribution in [0.15, 0.2) is 28.8 Å². The van der Waals surface area contributed by atoms with Crippen LogP contribution in [-0.4, -0.2) is 47.1 Å². The van der Waals surface area contributed by atoms with Gasteiger partial charge in [0.15, 0.2) is 0 Å². The molecule has 2 saturated heterocycles. The molecule has 28 heavy (non-hydrogen) atoms. The van der Waals surface area contributed by atoms with Crippen LogP contribution in [0.4, 0.5) is 0 Å². The molecule has 1 N–H and O–H groups in total. The van der Waals surface area contributed by atoms with Gasteiger partial charge >= 0.3 is 0 Å². The lowest BCUT2D eigenvalue weighted by molar-refractivity contribution is 0.0607. The van der Waals surface area contributed by atoms with Crippen molar-refractivity contribution < 1.29 is 9.32 Å². The van der Waals surface area contributed by atoms with Crippen molar-refractivity contribution in [1.29, 1.82) is 0 Å². The minimum absolute atomic E-state index is 0.0989. The molecule has 1 aromatic heterocycles. The summed E-state index contributed by atoms with van der Waals surface area (Å²) in [5, 5.41) is 7.56. The zero-order valence-corrected chi connectivity index (χ0v) is 17.1. The third-order valence-electron chi connectivity index (χ3n) is 5.98. The number of rotatable bonds is 3. The molecule has 4 rings (SSSR count). The summed E-state index contributed by atoms with van der Waals surface area (Å²) in [6.07, 6.45) is 4.18. The van der Waals surface area contributed by atoms with Crippen LogP contribution in [0.1, 0.15) is 56.3 Å². The molecule has 0 atom stereocenters. The summed E-state index contributed by atoms with van der Waals surface area (Å²) >= 11 is 0. The lowest BCUT2D eigenvalue weighted by atomic mass is 9.78. The number of hydrogen-bond donors (Lipinski definition) is 1. The minimum Gasteiger partial charge on any atom is -0.339 e. The summed E-state index contributed by atoms with van der Waals surface area (Å²) in [6, 6.07) is 7.56. The number of aromatic nitrogens is 2. The molecule has 6 nitrogen and oxygen atoms in total. The van der Waals surface area contributed by atoms with E-state index in [2.05, 4.69) is 36.2 Å². The lowest BCUT2D eigenvalue weighted by Crippen LogP contribution is -2.44. The molecule has 1 aromatic carbocycles. The molecule has 1 amide bonds. The molecular formula is C22H30N4O2. The zero-order valence-electron chi connectivity index (χ0n) is 17.1. The van der Waals surface area contributed by atoms with Crippen LogP contribution in [0.3, 0.4) is 0 Å². The smallest absolute Gasteiger partial charge is 0.253 e. The first-order chi connectivity index (χ1) is 13.3. The second-order valence-corrected chi connectivity index (χ2v) is 9.55. The van der Waals surface area contributed by atoms with E-state index in [1.165, 1.54) is 6.42 Å². The van der Waals surface area contributed by atoms with E-state index in [0.29, 0.717) is 17.1 Å². The maximum absolute atomic E-state index is 12.9. The Morgan fingerprint density at radius 1 is 1.18 bits per heavy atom. The Labute approximate surface area is 166 Å². The van der Waals surface area contributed by atoms with Gasteiger partial charge in [0.2, 0.25) is 11.7 Å². The number of carbonyl (C=O) groups excluding carboxylic acids is 1. The molecule has 0 radical (unpaired) electrons. The maximum atomic E-state index is 12.9. The summed E-state index contributed by atoms with van der Waals surface area (Å²) < 4.78 is 5.37. The number of piperidine rings is 1. The van der Waals surface area contributed by atoms with Gasteiger partial charge in [0.05, 0.1) is 0 Å². The average Bonchev–Trinajstić information content (AvgIpc) is 3.31. The van der Waals surface area contributed by atoms with Gasteiger partial charge in [-0.05, 0) is 48.8 Å². The Bertz CT molecular complexity index is 819. The summed E-state index contributed by atoms with van der Waals surface area (Å²) in [4.78, 5) is 19.4. The van der Waals surface area contributed by atoms with Gasteiger partial charge in [-0.2, -0.15) is 4.98 Å². The average molecular weight is 383 g/mol. The molecule has 0 unspecified atom stereocenters. The second kappa shape index (κ2) is 7.32. The van der Waals surface area contributed by atoms with E-state index in [1.807, 2.05) is 29.2 Å². The van der Waals surface area contributed by atoms with E-state index in [1.54, 1.807) is 0 Å². The van der Waals surface area contributed by atoms with E-state index in [4.69, 9.17) is 4.52 Å². The monoisotopic (exact) mass is 382 g/mol. The normalized spacial score (nSPS) is 19.3. The van der Waals surface area contributed by atoms with Crippen molar-refractivity contribution in [2.75, 3.05) is 26.2 Å². The summed E-state index contributed by atoms with van der Waals surface area (Å²) in [7, 11) is 0. The highest BCUT2D eigenvalue weighted by Gasteiger charge is 2.38. The predicted molar refractivity (Wildman–Crippen MR) is 108 cm³/mol. The summed E-state index contributed by atoms with van der Waals surface area (Å²) in [5.41, 5.74) is 2.11. The van der Waals surface area contributed by atoms with Crippen molar-refractivity contribution in [3.63, 3.8) is 0 Å². The Morgan fingerprint density at radius 3 is 2.50 bits per heavy atom. The third-order valence-corrected chi connectivity index (χ3v) is 5.98. The topological polar surface area (TPSA) is 71.3 Å². The number of hydrogen-bond acceptors (Lipinski definition) is 5. The highest BCUT2D eigenvalue weighted by molar-refractivity contribution is 5.94. The van der Waals surface area contributed by atoms with Crippen molar-refractivity contribution >= 4 is 5.91 Å². The molecule has 150 valence electrons. The van der Waals surface area contributed by atoms with Crippen LogP contribution in [0, 0.1) is 10.8 Å². The molecule has 0 aliphatic carbocycles. The van der Waals surface area contributed by atoms with E-state index in [9.17, 15) is 4.79 Å². The number of carbonyl (C=O) groups is 1. The molecule has 0 bridgehead atoms. The fourth-order valence-corrected chi connectivity index (χ4v) is 4.25. The van der Waals surface area contributed by atoms with Crippen LogP contribution >= 0.6 is 0 Å². The number of likely N-dealkylation sites (tertiary alicyclic amines) is 1. The molecule has 3 heterocycles. The van der Waals surface area contributed by atoms with E-state index < -0.39 is 0 Å². The predicted octanol–water partition coefficient (Wildman–Crippen LogP) is 3.54. The van der Waals surface area contributed by atoms with Gasteiger partial charge in [0.1, 0.15) is 0 Å². The zero-order chi connectivity index (χ0) is 19.8. The number of benzene rings is 1. The van der Waals surface area contributed by atoms with Gasteiger partial charge in [-0.1, -0.05) is 38.1 Å². The molecule has 1 spiro atoms. The lowest BCUT2D eigenvalue weighted by Gasteiger charge is -2.38. The van der Waals surface area contributed by atoms with Crippen LogP contribution in [-0.2, 0) is 6.42 Å². The Balaban J connectivity index is 1.40. The van der Waals surface area contributed by atoms with Gasteiger partial charge < -0.3 is 14.7 Å². The van der Waals surface area contributed by atoms with E-state index in [0.717, 1.165) is 56.6 Å². The molecule has 6 heteroatoms. The quantitative estimate of drug-likeness (QED) is 0.879. The largest absolute Gasteiger partial charge is 0.339 e. The molecule has 0 saturated carbocycles. The van der Waals surface area contributed by atoms with Crippen molar-refractivity contribution in [3.05, 3.63) is 35.7 Å². The molecule has 2 aliphatic heterocycles. The van der Waals surface area contributed by atoms with Crippen LogP contribution in [0.2, 0.25) is 0 Å². The highest BCUT2D eigenvalue weighted by Crippen LogP contribution is 2.37. The molecule has 2 fully saturated rings. The van der Waals surface area contributed by atoms with Crippen molar-refractivity contribution in [2.45, 2.75) is 46.5 Å². The van der Waals surface area contributed by atoms with Crippen LogP contribution in [0.5, 0.6) is 0 Å². The minimum atomic E-state index is 0.0989. The second-order valence-electron chi connectivity index (χ2n) is 9.55. The Hall–Kier alpha value is -2.21. The van der Waals surface area contributed by atoms with Gasteiger partial charge in [0, 0.05) is 37.2 Å². The maximum Gasteiger partial charge on any atom is 0.253 e. The highest BCUT2D eigenvalue weighted by atomic mass is 16.5. The fourth-order valence-electron chi connectivity index (χ4n) is 4.25. The fraction of sp³-hybridized carbons (Fsp3) is 0.591. The summed E-state index contributed by atoms with van der Waals surface area (Å²) in [6.45, 7) is 10.3. The Kier molecular flexibility index (Phi) is 5.00. The first-order valence-corrected chi connectivity index (χ1v) is 10.3. The summed E-state index contributed by atoms with van der Waals surface area (Å²) in [5.74, 6) is 1.34. The van der Waals surface area contributed by atoms with Gasteiger partial charge in [-0.15, -0.1) is 0 Å². The SMILES string of the molecule is CC(C)(C)Cc1nc(-c2ccc(C(=O)N3CCC4(CCNC4)CC3)cc2)no1. The van der Waals surface area contributed by atoms with Crippen molar-refractivity contribution in [1.82, 2.24) is 20.4 Å². The van der Waals surface area contributed by atoms with Crippen molar-refractivity contribution in [3.8, 4) is 11.4 Å². The molecule has 2 aromatic rings. The van der Waals surface area contributed by atoms with Gasteiger partial charge in [0.25, 0.3) is 5.91 Å².